The van der Waals surface area contributed by atoms with E-state index in [0.717, 1.165) is 10.6 Å². The molecule has 0 amide bonds. The molecule has 0 aliphatic carbocycles. The molecule has 0 radical (unpaired) electrons. The Labute approximate surface area is 132 Å². The Morgan fingerprint density at radius 3 is 2.60 bits per heavy atom. The van der Waals surface area contributed by atoms with Crippen molar-refractivity contribution in [3.8, 4) is 0 Å². The van der Waals surface area contributed by atoms with Crippen molar-refractivity contribution in [3.05, 3.63) is 39.3 Å². The summed E-state index contributed by atoms with van der Waals surface area (Å²) in [6.07, 6.45) is 1.57. The first-order chi connectivity index (χ1) is 9.34. The van der Waals surface area contributed by atoms with Crippen LogP contribution in [0.25, 0.3) is 0 Å². The standard InChI is InChI=1S/C12H14Cl2N2O2S2/c1-15-8-11(5-9(15)6-13)20(17,18)16(2)7-10-3-4-12(14)19-10/h3-5,8H,6-7H2,1-2H3. The van der Waals surface area contributed by atoms with Gasteiger partial charge in [-0.25, -0.2) is 8.42 Å². The van der Waals surface area contributed by atoms with Crippen LogP contribution in [0.3, 0.4) is 0 Å². The molecule has 2 aromatic heterocycles. The lowest BCUT2D eigenvalue weighted by Gasteiger charge is -2.15. The van der Waals surface area contributed by atoms with Crippen molar-refractivity contribution in [2.75, 3.05) is 7.05 Å². The van der Waals surface area contributed by atoms with Crippen LogP contribution in [-0.2, 0) is 29.5 Å². The molecule has 2 rings (SSSR count). The van der Waals surface area contributed by atoms with Crippen molar-refractivity contribution < 1.29 is 8.42 Å². The highest BCUT2D eigenvalue weighted by molar-refractivity contribution is 7.89. The van der Waals surface area contributed by atoms with Gasteiger partial charge >= 0.3 is 0 Å². The van der Waals surface area contributed by atoms with Crippen molar-refractivity contribution in [2.24, 2.45) is 7.05 Å². The molecule has 2 heterocycles. The predicted octanol–water partition coefficient (Wildman–Crippen LogP) is 3.30. The summed E-state index contributed by atoms with van der Waals surface area (Å²) in [6, 6.07) is 5.19. The van der Waals surface area contributed by atoms with E-state index < -0.39 is 10.0 Å². The summed E-state index contributed by atoms with van der Waals surface area (Å²) in [5, 5.41) is 0. The van der Waals surface area contributed by atoms with E-state index in [9.17, 15) is 8.42 Å². The third-order valence-corrected chi connectivity index (χ3v) is 6.19. The fourth-order valence-corrected chi connectivity index (χ4v) is 4.51. The summed E-state index contributed by atoms with van der Waals surface area (Å²) >= 11 is 13.0. The van der Waals surface area contributed by atoms with E-state index in [0.29, 0.717) is 10.9 Å². The molecule has 0 fully saturated rings. The topological polar surface area (TPSA) is 42.3 Å². The van der Waals surface area contributed by atoms with Crippen LogP contribution in [0.2, 0.25) is 4.34 Å². The van der Waals surface area contributed by atoms with Gasteiger partial charge in [0.25, 0.3) is 0 Å². The number of hydrogen-bond acceptors (Lipinski definition) is 3. The van der Waals surface area contributed by atoms with E-state index in [4.69, 9.17) is 23.2 Å². The van der Waals surface area contributed by atoms with Gasteiger partial charge in [-0.2, -0.15) is 4.31 Å². The smallest absolute Gasteiger partial charge is 0.244 e. The van der Waals surface area contributed by atoms with Crippen LogP contribution in [0.5, 0.6) is 0 Å². The summed E-state index contributed by atoms with van der Waals surface area (Å²) in [4.78, 5) is 1.15. The van der Waals surface area contributed by atoms with Gasteiger partial charge in [0.15, 0.2) is 0 Å². The molecule has 0 aliphatic heterocycles. The Bertz CT molecular complexity index is 707. The average Bonchev–Trinajstić information content (AvgIpc) is 2.95. The maximum absolute atomic E-state index is 12.5. The fourth-order valence-electron chi connectivity index (χ4n) is 1.77. The number of sulfonamides is 1. The predicted molar refractivity (Wildman–Crippen MR) is 83.0 cm³/mol. The van der Waals surface area contributed by atoms with Crippen molar-refractivity contribution in [1.29, 1.82) is 0 Å². The molecule has 8 heteroatoms. The first-order valence-electron chi connectivity index (χ1n) is 5.76. The second-order valence-electron chi connectivity index (χ2n) is 4.38. The number of rotatable bonds is 5. The Morgan fingerprint density at radius 1 is 1.40 bits per heavy atom. The first kappa shape index (κ1) is 15.9. The number of halogens is 2. The van der Waals surface area contributed by atoms with Gasteiger partial charge in [0.1, 0.15) is 4.90 Å². The van der Waals surface area contributed by atoms with E-state index in [1.54, 1.807) is 37.0 Å². The Balaban J connectivity index is 2.24. The maximum Gasteiger partial charge on any atom is 0.244 e. The summed E-state index contributed by atoms with van der Waals surface area (Å²) < 4.78 is 28.6. The second-order valence-corrected chi connectivity index (χ2v) is 8.49. The van der Waals surface area contributed by atoms with Crippen molar-refractivity contribution in [1.82, 2.24) is 8.87 Å². The average molecular weight is 353 g/mol. The van der Waals surface area contributed by atoms with Gasteiger partial charge in [0, 0.05) is 37.4 Å². The highest BCUT2D eigenvalue weighted by atomic mass is 35.5. The van der Waals surface area contributed by atoms with Crippen molar-refractivity contribution in [3.63, 3.8) is 0 Å². The molecule has 0 aliphatic rings. The number of alkyl halides is 1. The third-order valence-electron chi connectivity index (χ3n) is 2.94. The molecule has 2 aromatic rings. The van der Waals surface area contributed by atoms with Crippen LogP contribution in [-0.4, -0.2) is 24.3 Å². The van der Waals surface area contributed by atoms with E-state index in [1.165, 1.54) is 15.6 Å². The van der Waals surface area contributed by atoms with Gasteiger partial charge in [-0.05, 0) is 18.2 Å². The van der Waals surface area contributed by atoms with Crippen LogP contribution in [0.15, 0.2) is 29.3 Å². The first-order valence-corrected chi connectivity index (χ1v) is 8.93. The summed E-state index contributed by atoms with van der Waals surface area (Å²) in [5.74, 6) is 0.274. The number of nitrogens with zero attached hydrogens (tertiary/aromatic N) is 2. The normalized spacial score (nSPS) is 12.2. The zero-order valence-electron chi connectivity index (χ0n) is 11.0. The Hall–Kier alpha value is -0.530. The summed E-state index contributed by atoms with van der Waals surface area (Å²) in [7, 11) is -0.197. The molecule has 0 N–H and O–H groups in total. The molecule has 110 valence electrons. The molecule has 0 aromatic carbocycles. The lowest BCUT2D eigenvalue weighted by atomic mass is 10.5. The molecular weight excluding hydrogens is 339 g/mol. The lowest BCUT2D eigenvalue weighted by molar-refractivity contribution is 0.469. The van der Waals surface area contributed by atoms with Crippen LogP contribution in [0.1, 0.15) is 10.6 Å². The van der Waals surface area contributed by atoms with Gasteiger partial charge in [-0.15, -0.1) is 22.9 Å². The molecular formula is C12H14Cl2N2O2S2. The highest BCUT2D eigenvalue weighted by Gasteiger charge is 2.23. The molecule has 0 saturated heterocycles. The van der Waals surface area contributed by atoms with Crippen LogP contribution >= 0.6 is 34.5 Å². The lowest BCUT2D eigenvalue weighted by Crippen LogP contribution is -2.25. The minimum Gasteiger partial charge on any atom is -0.352 e. The van der Waals surface area contributed by atoms with E-state index in [-0.39, 0.29) is 10.8 Å². The summed E-state index contributed by atoms with van der Waals surface area (Å²) in [5.41, 5.74) is 0.762. The van der Waals surface area contributed by atoms with E-state index in [2.05, 4.69) is 0 Å². The van der Waals surface area contributed by atoms with E-state index in [1.807, 2.05) is 6.07 Å². The van der Waals surface area contributed by atoms with Gasteiger partial charge in [0.05, 0.1) is 10.2 Å². The largest absolute Gasteiger partial charge is 0.352 e. The number of aryl methyl sites for hydroxylation is 1. The maximum atomic E-state index is 12.5. The van der Waals surface area contributed by atoms with Crippen molar-refractivity contribution >= 4 is 44.6 Å². The molecule has 0 saturated carbocycles. The number of thiophene rings is 1. The van der Waals surface area contributed by atoms with Gasteiger partial charge in [-0.1, -0.05) is 11.6 Å². The number of hydrogen-bond donors (Lipinski definition) is 0. The molecule has 0 spiro atoms. The minimum atomic E-state index is -3.52. The quantitative estimate of drug-likeness (QED) is 0.774. The van der Waals surface area contributed by atoms with Crippen LogP contribution < -0.4 is 0 Å². The molecule has 20 heavy (non-hydrogen) atoms. The monoisotopic (exact) mass is 352 g/mol. The van der Waals surface area contributed by atoms with Crippen LogP contribution in [0.4, 0.5) is 0 Å². The minimum absolute atomic E-state index is 0.251. The molecule has 0 unspecified atom stereocenters. The summed E-state index contributed by atoms with van der Waals surface area (Å²) in [6.45, 7) is 0.296. The molecule has 4 nitrogen and oxygen atoms in total. The number of aromatic nitrogens is 1. The molecule has 0 atom stereocenters. The second kappa shape index (κ2) is 6.07. The highest BCUT2D eigenvalue weighted by Crippen LogP contribution is 2.25. The zero-order chi connectivity index (χ0) is 14.9. The van der Waals surface area contributed by atoms with Crippen LogP contribution in [0, 0.1) is 0 Å². The Kier molecular flexibility index (Phi) is 4.81. The Morgan fingerprint density at radius 2 is 2.10 bits per heavy atom. The third kappa shape index (κ3) is 3.20. The zero-order valence-corrected chi connectivity index (χ0v) is 14.2. The van der Waals surface area contributed by atoms with Gasteiger partial charge in [-0.3, -0.25) is 0 Å². The SMILES string of the molecule is CN(Cc1ccc(Cl)s1)S(=O)(=O)c1cc(CCl)n(C)c1. The van der Waals surface area contributed by atoms with Gasteiger partial charge in [0.2, 0.25) is 10.0 Å². The van der Waals surface area contributed by atoms with Gasteiger partial charge < -0.3 is 4.57 Å². The van der Waals surface area contributed by atoms with E-state index >= 15 is 0 Å². The molecule has 0 bridgehead atoms. The fraction of sp³-hybridized carbons (Fsp3) is 0.333. The van der Waals surface area contributed by atoms with Crippen molar-refractivity contribution in [2.45, 2.75) is 17.3 Å².